The maximum Gasteiger partial charge on any atom is 0.254 e. The first-order chi connectivity index (χ1) is 10.0. The van der Waals surface area contributed by atoms with E-state index in [-0.39, 0.29) is 25.1 Å². The fourth-order valence-corrected chi connectivity index (χ4v) is 1.56. The van der Waals surface area contributed by atoms with Crippen LogP contribution in [0.3, 0.4) is 0 Å². The van der Waals surface area contributed by atoms with E-state index in [1.807, 2.05) is 0 Å². The van der Waals surface area contributed by atoms with Gasteiger partial charge in [-0.25, -0.2) is 4.39 Å². The number of hydrogen-bond donors (Lipinski definition) is 3. The monoisotopic (exact) mass is 292 g/mol. The molecule has 0 spiro atoms. The Hall–Kier alpha value is -2.39. The number of nitrogens with two attached hydrogens (primary N) is 1. The molecule has 0 unspecified atom stereocenters. The van der Waals surface area contributed by atoms with E-state index in [4.69, 9.17) is 10.8 Å². The van der Waals surface area contributed by atoms with E-state index in [0.717, 1.165) is 0 Å². The second-order valence-corrected chi connectivity index (χ2v) is 4.30. The van der Waals surface area contributed by atoms with Crippen molar-refractivity contribution in [3.63, 3.8) is 0 Å². The predicted molar refractivity (Wildman–Crippen MR) is 75.7 cm³/mol. The van der Waals surface area contributed by atoms with Crippen LogP contribution >= 0.6 is 0 Å². The molecule has 0 aliphatic carbocycles. The molecule has 0 aliphatic heterocycles. The van der Waals surface area contributed by atoms with Gasteiger partial charge in [-0.1, -0.05) is 11.8 Å². The van der Waals surface area contributed by atoms with Crippen LogP contribution in [0.1, 0.15) is 35.2 Å². The zero-order chi connectivity index (χ0) is 15.7. The smallest absolute Gasteiger partial charge is 0.254 e. The number of amides is 2. The molecule has 0 saturated heterocycles. The number of carbonyl (C=O) groups is 2. The molecule has 0 bridgehead atoms. The zero-order valence-electron chi connectivity index (χ0n) is 11.5. The Kier molecular flexibility index (Phi) is 6.92. The van der Waals surface area contributed by atoms with Crippen LogP contribution in [0.2, 0.25) is 0 Å². The Labute approximate surface area is 122 Å². The van der Waals surface area contributed by atoms with Gasteiger partial charge in [-0.2, -0.15) is 0 Å². The van der Waals surface area contributed by atoms with Crippen LogP contribution in [0.25, 0.3) is 0 Å². The van der Waals surface area contributed by atoms with E-state index in [9.17, 15) is 14.0 Å². The second-order valence-electron chi connectivity index (χ2n) is 4.30. The minimum Gasteiger partial charge on any atom is -0.395 e. The third-order valence-corrected chi connectivity index (χ3v) is 2.57. The minimum atomic E-state index is -0.643. The number of halogens is 1. The highest BCUT2D eigenvalue weighted by molar-refractivity contribution is 5.94. The number of aliphatic hydroxyl groups excluding tert-OH is 1. The van der Waals surface area contributed by atoms with Crippen molar-refractivity contribution >= 4 is 11.8 Å². The SMILES string of the molecule is NC(=O)CCCNC(=O)c1cc(C#CCCO)ccc1F. The number of rotatable bonds is 6. The lowest BCUT2D eigenvalue weighted by molar-refractivity contribution is -0.118. The van der Waals surface area contributed by atoms with Gasteiger partial charge in [-0.05, 0) is 24.6 Å². The standard InChI is InChI=1S/C15H17FN2O3/c16-13-7-6-11(4-1-2-9-19)10-12(13)15(21)18-8-3-5-14(17)20/h6-7,10,19H,2-3,5,8-9H2,(H2,17,20)(H,18,21). The average Bonchev–Trinajstić information content (AvgIpc) is 2.45. The molecular formula is C15H17FN2O3. The number of aliphatic hydroxyl groups is 1. The molecule has 1 aromatic carbocycles. The first kappa shape index (κ1) is 16.7. The summed E-state index contributed by atoms with van der Waals surface area (Å²) in [6.07, 6.45) is 0.875. The van der Waals surface area contributed by atoms with Crippen molar-refractivity contribution in [2.75, 3.05) is 13.2 Å². The summed E-state index contributed by atoms with van der Waals surface area (Å²) in [5.41, 5.74) is 5.36. The number of nitrogens with one attached hydrogen (secondary N) is 1. The molecule has 0 aromatic heterocycles. The molecule has 1 rings (SSSR count). The lowest BCUT2D eigenvalue weighted by Gasteiger charge is -2.06. The fraction of sp³-hybridized carbons (Fsp3) is 0.333. The maximum absolute atomic E-state index is 13.6. The van der Waals surface area contributed by atoms with Gasteiger partial charge in [-0.3, -0.25) is 9.59 Å². The molecule has 0 heterocycles. The van der Waals surface area contributed by atoms with E-state index < -0.39 is 17.6 Å². The van der Waals surface area contributed by atoms with Crippen LogP contribution < -0.4 is 11.1 Å². The van der Waals surface area contributed by atoms with Crippen molar-refractivity contribution < 1.29 is 19.1 Å². The molecule has 0 atom stereocenters. The van der Waals surface area contributed by atoms with E-state index in [1.165, 1.54) is 18.2 Å². The molecule has 2 amide bonds. The molecule has 0 aliphatic rings. The Balaban J connectivity index is 2.68. The Bertz CT molecular complexity index is 576. The lowest BCUT2D eigenvalue weighted by Crippen LogP contribution is -2.26. The summed E-state index contributed by atoms with van der Waals surface area (Å²) in [7, 11) is 0. The number of benzene rings is 1. The summed E-state index contributed by atoms with van der Waals surface area (Å²) in [6, 6.07) is 3.98. The second kappa shape index (κ2) is 8.72. The van der Waals surface area contributed by atoms with Crippen molar-refractivity contribution in [2.24, 2.45) is 5.73 Å². The van der Waals surface area contributed by atoms with Gasteiger partial charge in [0.1, 0.15) is 5.82 Å². The molecule has 0 saturated carbocycles. The Morgan fingerprint density at radius 3 is 2.81 bits per heavy atom. The summed E-state index contributed by atoms with van der Waals surface area (Å²) < 4.78 is 13.6. The first-order valence-corrected chi connectivity index (χ1v) is 6.50. The maximum atomic E-state index is 13.6. The van der Waals surface area contributed by atoms with Crippen LogP contribution in [0, 0.1) is 17.7 Å². The predicted octanol–water partition coefficient (Wildman–Crippen LogP) is 0.555. The summed E-state index contributed by atoms with van der Waals surface area (Å²) in [6.45, 7) is 0.184. The molecule has 4 N–H and O–H groups in total. The van der Waals surface area contributed by atoms with Crippen LogP contribution in [0.15, 0.2) is 18.2 Å². The van der Waals surface area contributed by atoms with Crippen LogP contribution in [0.4, 0.5) is 4.39 Å². The molecule has 0 radical (unpaired) electrons. The van der Waals surface area contributed by atoms with Crippen LogP contribution in [-0.4, -0.2) is 30.1 Å². The van der Waals surface area contributed by atoms with Gasteiger partial charge in [0.25, 0.3) is 5.91 Å². The molecule has 0 fully saturated rings. The minimum absolute atomic E-state index is 0.0542. The average molecular weight is 292 g/mol. The van der Waals surface area contributed by atoms with Crippen LogP contribution in [0.5, 0.6) is 0 Å². The van der Waals surface area contributed by atoms with E-state index in [2.05, 4.69) is 17.2 Å². The van der Waals surface area contributed by atoms with Gasteiger partial charge in [0.15, 0.2) is 0 Å². The fourth-order valence-electron chi connectivity index (χ4n) is 1.56. The molecule has 21 heavy (non-hydrogen) atoms. The van der Waals surface area contributed by atoms with Gasteiger partial charge < -0.3 is 16.2 Å². The summed E-state index contributed by atoms with van der Waals surface area (Å²) in [4.78, 5) is 22.4. The van der Waals surface area contributed by atoms with Crippen molar-refractivity contribution in [3.8, 4) is 11.8 Å². The highest BCUT2D eigenvalue weighted by Gasteiger charge is 2.11. The van der Waals surface area contributed by atoms with Gasteiger partial charge in [0, 0.05) is 24.9 Å². The molecule has 1 aromatic rings. The molecule has 5 nitrogen and oxygen atoms in total. The largest absolute Gasteiger partial charge is 0.395 e. The Morgan fingerprint density at radius 1 is 1.38 bits per heavy atom. The summed E-state index contributed by atoms with van der Waals surface area (Å²) in [5.74, 6) is 3.77. The zero-order valence-corrected chi connectivity index (χ0v) is 11.5. The van der Waals surface area contributed by atoms with E-state index in [1.54, 1.807) is 0 Å². The number of primary amides is 1. The van der Waals surface area contributed by atoms with Gasteiger partial charge >= 0.3 is 0 Å². The third kappa shape index (κ3) is 6.06. The van der Waals surface area contributed by atoms with Gasteiger partial charge in [0.05, 0.1) is 12.2 Å². The number of hydrogen-bond acceptors (Lipinski definition) is 3. The van der Waals surface area contributed by atoms with Crippen LogP contribution in [-0.2, 0) is 4.79 Å². The summed E-state index contributed by atoms with van der Waals surface area (Å²) >= 11 is 0. The molecular weight excluding hydrogens is 275 g/mol. The van der Waals surface area contributed by atoms with Crippen molar-refractivity contribution in [1.29, 1.82) is 0 Å². The summed E-state index contributed by atoms with van der Waals surface area (Å²) in [5, 5.41) is 11.1. The van der Waals surface area contributed by atoms with Crippen molar-refractivity contribution in [3.05, 3.63) is 35.1 Å². The topological polar surface area (TPSA) is 92.4 Å². The van der Waals surface area contributed by atoms with Gasteiger partial charge in [-0.15, -0.1) is 0 Å². The highest BCUT2D eigenvalue weighted by Crippen LogP contribution is 2.10. The van der Waals surface area contributed by atoms with Crippen molar-refractivity contribution in [2.45, 2.75) is 19.3 Å². The van der Waals surface area contributed by atoms with E-state index >= 15 is 0 Å². The van der Waals surface area contributed by atoms with Gasteiger partial charge in [0.2, 0.25) is 5.91 Å². The third-order valence-electron chi connectivity index (χ3n) is 2.57. The Morgan fingerprint density at radius 2 is 2.14 bits per heavy atom. The quantitative estimate of drug-likeness (QED) is 0.528. The molecule has 112 valence electrons. The van der Waals surface area contributed by atoms with E-state index in [0.29, 0.717) is 18.4 Å². The molecule has 6 heteroatoms. The normalized spacial score (nSPS) is 9.62. The highest BCUT2D eigenvalue weighted by atomic mass is 19.1. The lowest BCUT2D eigenvalue weighted by atomic mass is 10.1. The first-order valence-electron chi connectivity index (χ1n) is 6.50. The van der Waals surface area contributed by atoms with Crippen molar-refractivity contribution in [1.82, 2.24) is 5.32 Å². The number of carbonyl (C=O) groups excluding carboxylic acids is 2.